The van der Waals surface area contributed by atoms with Crippen LogP contribution in [-0.2, 0) is 6.18 Å². The van der Waals surface area contributed by atoms with Crippen LogP contribution < -0.4 is 5.73 Å². The topological polar surface area (TPSA) is 29.3 Å². The van der Waals surface area contributed by atoms with E-state index in [1.165, 1.54) is 0 Å². The van der Waals surface area contributed by atoms with Gasteiger partial charge in [0.25, 0.3) is 0 Å². The van der Waals surface area contributed by atoms with Crippen LogP contribution >= 0.6 is 15.9 Å². The molecule has 0 amide bonds. The number of likely N-dealkylation sites (N-methyl/N-ethyl adjacent to an activating group) is 1. The SMILES string of the molecule is CN1CCC(c2cc(Br)ccc2N)=CC1c1ccc(C(F)(F)F)cc1. The van der Waals surface area contributed by atoms with Crippen molar-refractivity contribution in [3.05, 3.63) is 69.7 Å². The molecule has 1 heterocycles. The predicted molar refractivity (Wildman–Crippen MR) is 98.0 cm³/mol. The second-order valence-electron chi connectivity index (χ2n) is 6.22. The number of anilines is 1. The quantitative estimate of drug-likeness (QED) is 0.661. The number of nitrogens with zero attached hydrogens (tertiary/aromatic N) is 1. The van der Waals surface area contributed by atoms with Crippen molar-refractivity contribution in [1.29, 1.82) is 0 Å². The highest BCUT2D eigenvalue weighted by Gasteiger charge is 2.30. The van der Waals surface area contributed by atoms with Crippen LogP contribution in [0.3, 0.4) is 0 Å². The van der Waals surface area contributed by atoms with Crippen molar-refractivity contribution in [3.63, 3.8) is 0 Å². The summed E-state index contributed by atoms with van der Waals surface area (Å²) < 4.78 is 39.2. The van der Waals surface area contributed by atoms with Crippen LogP contribution in [0.1, 0.15) is 29.2 Å². The number of benzene rings is 2. The number of alkyl halides is 3. The summed E-state index contributed by atoms with van der Waals surface area (Å²) in [6.07, 6.45) is -1.39. The molecule has 0 bridgehead atoms. The Bertz CT molecular complexity index is 797. The summed E-state index contributed by atoms with van der Waals surface area (Å²) >= 11 is 3.46. The summed E-state index contributed by atoms with van der Waals surface area (Å²) in [6, 6.07) is 11.0. The molecule has 0 aromatic heterocycles. The van der Waals surface area contributed by atoms with Crippen molar-refractivity contribution in [1.82, 2.24) is 4.90 Å². The molecule has 0 spiro atoms. The lowest BCUT2D eigenvalue weighted by atomic mass is 9.91. The van der Waals surface area contributed by atoms with E-state index in [1.54, 1.807) is 12.1 Å². The Morgan fingerprint density at radius 3 is 2.44 bits per heavy atom. The molecule has 1 unspecified atom stereocenters. The second kappa shape index (κ2) is 6.84. The zero-order chi connectivity index (χ0) is 18.2. The van der Waals surface area contributed by atoms with Crippen LogP contribution in [0.5, 0.6) is 0 Å². The Morgan fingerprint density at radius 1 is 1.12 bits per heavy atom. The van der Waals surface area contributed by atoms with Crippen molar-refractivity contribution < 1.29 is 13.2 Å². The minimum atomic E-state index is -4.32. The molecule has 0 fully saturated rings. The molecule has 1 aliphatic rings. The van der Waals surface area contributed by atoms with Crippen molar-refractivity contribution in [2.24, 2.45) is 0 Å². The first-order valence-electron chi connectivity index (χ1n) is 7.89. The van der Waals surface area contributed by atoms with Gasteiger partial charge in [-0.3, -0.25) is 4.90 Å². The first-order valence-corrected chi connectivity index (χ1v) is 8.68. The van der Waals surface area contributed by atoms with Crippen molar-refractivity contribution in [2.75, 3.05) is 19.3 Å². The van der Waals surface area contributed by atoms with Gasteiger partial charge in [-0.15, -0.1) is 0 Å². The monoisotopic (exact) mass is 410 g/mol. The van der Waals surface area contributed by atoms with Gasteiger partial charge in [0.1, 0.15) is 0 Å². The minimum Gasteiger partial charge on any atom is -0.398 e. The number of nitrogen functional groups attached to an aromatic ring is 1. The van der Waals surface area contributed by atoms with E-state index in [4.69, 9.17) is 5.73 Å². The highest BCUT2D eigenvalue weighted by Crippen LogP contribution is 2.36. The fourth-order valence-electron chi connectivity index (χ4n) is 3.09. The Kier molecular flexibility index (Phi) is 4.93. The zero-order valence-electron chi connectivity index (χ0n) is 13.6. The molecule has 1 aliphatic heterocycles. The van der Waals surface area contributed by atoms with E-state index in [2.05, 4.69) is 26.9 Å². The average molecular weight is 411 g/mol. The maximum Gasteiger partial charge on any atom is 0.416 e. The maximum atomic E-state index is 12.8. The van der Waals surface area contributed by atoms with Gasteiger partial charge in [0, 0.05) is 22.3 Å². The van der Waals surface area contributed by atoms with Gasteiger partial charge in [-0.2, -0.15) is 13.2 Å². The molecule has 2 aromatic rings. The van der Waals surface area contributed by atoms with E-state index >= 15 is 0 Å². The van der Waals surface area contributed by atoms with Crippen LogP contribution in [0, 0.1) is 0 Å². The molecule has 0 saturated heterocycles. The Morgan fingerprint density at radius 2 is 1.80 bits per heavy atom. The van der Waals surface area contributed by atoms with Crippen LogP contribution in [0.25, 0.3) is 5.57 Å². The molecule has 2 aromatic carbocycles. The smallest absolute Gasteiger partial charge is 0.398 e. The number of hydrogen-bond donors (Lipinski definition) is 1. The van der Waals surface area contributed by atoms with Crippen molar-refractivity contribution in [3.8, 4) is 0 Å². The highest BCUT2D eigenvalue weighted by atomic mass is 79.9. The number of halogens is 4. The van der Waals surface area contributed by atoms with E-state index in [9.17, 15) is 13.2 Å². The van der Waals surface area contributed by atoms with Crippen LogP contribution in [-0.4, -0.2) is 18.5 Å². The van der Waals surface area contributed by atoms with Gasteiger partial charge in [0.2, 0.25) is 0 Å². The first kappa shape index (κ1) is 18.0. The number of rotatable bonds is 2. The Hall–Kier alpha value is -1.79. The van der Waals surface area contributed by atoms with Gasteiger partial charge in [-0.05, 0) is 54.9 Å². The van der Waals surface area contributed by atoms with Gasteiger partial charge in [-0.25, -0.2) is 0 Å². The van der Waals surface area contributed by atoms with Gasteiger partial charge in [-0.1, -0.05) is 34.1 Å². The third kappa shape index (κ3) is 3.90. The maximum absolute atomic E-state index is 12.8. The Labute approximate surface area is 153 Å². The molecule has 0 radical (unpaired) electrons. The van der Waals surface area contributed by atoms with E-state index in [0.29, 0.717) is 5.69 Å². The number of nitrogens with two attached hydrogens (primary N) is 1. The fourth-order valence-corrected chi connectivity index (χ4v) is 3.45. The van der Waals surface area contributed by atoms with Crippen LogP contribution in [0.2, 0.25) is 0 Å². The van der Waals surface area contributed by atoms with Crippen LogP contribution in [0.15, 0.2) is 53.0 Å². The fraction of sp³-hybridized carbons (Fsp3) is 0.263. The zero-order valence-corrected chi connectivity index (χ0v) is 15.2. The van der Waals surface area contributed by atoms with Gasteiger partial charge < -0.3 is 5.73 Å². The van der Waals surface area contributed by atoms with Crippen LogP contribution in [0.4, 0.5) is 18.9 Å². The number of hydrogen-bond acceptors (Lipinski definition) is 2. The predicted octanol–water partition coefficient (Wildman–Crippen LogP) is 5.51. The van der Waals surface area contributed by atoms with E-state index < -0.39 is 11.7 Å². The van der Waals surface area contributed by atoms with Gasteiger partial charge >= 0.3 is 6.18 Å². The second-order valence-corrected chi connectivity index (χ2v) is 7.13. The standard InChI is InChI=1S/C19H18BrF3N2/c1-25-9-8-13(16-11-15(20)6-7-17(16)24)10-18(25)12-2-4-14(5-3-12)19(21,22)23/h2-7,10-11,18H,8-9,24H2,1H3. The summed E-state index contributed by atoms with van der Waals surface area (Å²) in [6.45, 7) is 0.809. The molecule has 2 N–H and O–H groups in total. The lowest BCUT2D eigenvalue weighted by Crippen LogP contribution is -2.28. The highest BCUT2D eigenvalue weighted by molar-refractivity contribution is 9.10. The molecule has 3 rings (SSSR count). The average Bonchev–Trinajstić information content (AvgIpc) is 2.57. The largest absolute Gasteiger partial charge is 0.416 e. The molecule has 0 aliphatic carbocycles. The molecule has 0 saturated carbocycles. The van der Waals surface area contributed by atoms with E-state index in [1.807, 2.05) is 25.2 Å². The molecular weight excluding hydrogens is 393 g/mol. The Balaban J connectivity index is 1.96. The van der Waals surface area contributed by atoms with E-state index in [-0.39, 0.29) is 6.04 Å². The third-order valence-electron chi connectivity index (χ3n) is 4.51. The van der Waals surface area contributed by atoms with Gasteiger partial charge in [0.15, 0.2) is 0 Å². The summed E-state index contributed by atoms with van der Waals surface area (Å²) in [5.41, 5.74) is 9.10. The molecule has 1 atom stereocenters. The summed E-state index contributed by atoms with van der Waals surface area (Å²) in [5.74, 6) is 0. The molecule has 6 heteroatoms. The van der Waals surface area contributed by atoms with Gasteiger partial charge in [0.05, 0.1) is 11.6 Å². The lowest BCUT2D eigenvalue weighted by molar-refractivity contribution is -0.137. The normalized spacial score (nSPS) is 18.9. The van der Waals surface area contributed by atoms with Crippen molar-refractivity contribution in [2.45, 2.75) is 18.6 Å². The summed E-state index contributed by atoms with van der Waals surface area (Å²) in [5, 5.41) is 0. The van der Waals surface area contributed by atoms with Crippen molar-refractivity contribution >= 4 is 27.2 Å². The molecular formula is C19H18BrF3N2. The first-order chi connectivity index (χ1) is 11.8. The third-order valence-corrected chi connectivity index (χ3v) is 5.00. The summed E-state index contributed by atoms with van der Waals surface area (Å²) in [4.78, 5) is 2.13. The molecule has 2 nitrogen and oxygen atoms in total. The minimum absolute atomic E-state index is 0.0792. The molecule has 132 valence electrons. The summed E-state index contributed by atoms with van der Waals surface area (Å²) in [7, 11) is 1.97. The lowest BCUT2D eigenvalue weighted by Gasteiger charge is -2.32. The van der Waals surface area contributed by atoms with E-state index in [0.717, 1.165) is 46.3 Å². The molecule has 25 heavy (non-hydrogen) atoms.